The molecule has 1 atom stereocenters. The summed E-state index contributed by atoms with van der Waals surface area (Å²) in [5, 5.41) is 10.5. The van der Waals surface area contributed by atoms with E-state index in [4.69, 9.17) is 14.2 Å². The molecule has 0 unspecified atom stereocenters. The first-order valence-corrected chi connectivity index (χ1v) is 8.31. The molecule has 128 valence electrons. The van der Waals surface area contributed by atoms with Gasteiger partial charge in [-0.1, -0.05) is 6.07 Å². The van der Waals surface area contributed by atoms with E-state index in [9.17, 15) is 9.90 Å². The Morgan fingerprint density at radius 1 is 1.28 bits per heavy atom. The van der Waals surface area contributed by atoms with Crippen LogP contribution in [0.4, 0.5) is 0 Å². The van der Waals surface area contributed by atoms with Crippen LogP contribution in [0.25, 0.3) is 11.0 Å². The van der Waals surface area contributed by atoms with Gasteiger partial charge in [-0.05, 0) is 29.8 Å². The molecule has 1 aliphatic rings. The number of benzene rings is 2. The van der Waals surface area contributed by atoms with Crippen LogP contribution in [0.2, 0.25) is 0 Å². The summed E-state index contributed by atoms with van der Waals surface area (Å²) in [7, 11) is 1.34. The summed E-state index contributed by atoms with van der Waals surface area (Å²) in [4.78, 5) is 12.0. The monoisotopic (exact) mass is 358 g/mol. The van der Waals surface area contributed by atoms with E-state index in [-0.39, 0.29) is 24.9 Å². The highest BCUT2D eigenvalue weighted by Gasteiger charge is 2.27. The van der Waals surface area contributed by atoms with Gasteiger partial charge in [-0.25, -0.2) is 0 Å². The van der Waals surface area contributed by atoms with Crippen molar-refractivity contribution in [1.29, 1.82) is 0 Å². The summed E-state index contributed by atoms with van der Waals surface area (Å²) in [6.45, 7) is 0.164. The second-order valence-corrected chi connectivity index (χ2v) is 6.10. The molecule has 4 rings (SSSR count). The molecule has 0 saturated carbocycles. The van der Waals surface area contributed by atoms with Crippen molar-refractivity contribution >= 4 is 28.7 Å². The maximum absolute atomic E-state index is 12.0. The predicted molar refractivity (Wildman–Crippen MR) is 90.1 cm³/mol. The Morgan fingerprint density at radius 3 is 2.96 bits per heavy atom. The third-order valence-corrected chi connectivity index (χ3v) is 4.73. The first-order chi connectivity index (χ1) is 12.2. The van der Waals surface area contributed by atoms with Gasteiger partial charge in [0.05, 0.1) is 25.3 Å². The summed E-state index contributed by atoms with van der Waals surface area (Å²) in [6, 6.07) is 8.72. The van der Waals surface area contributed by atoms with Crippen molar-refractivity contribution in [1.82, 2.24) is 8.75 Å². The number of hydrogen-bond donors (Lipinski definition) is 1. The number of aromatic hydroxyl groups is 1. The number of hydrogen-bond acceptors (Lipinski definition) is 8. The normalized spacial score (nSPS) is 13.8. The van der Waals surface area contributed by atoms with E-state index in [1.807, 2.05) is 12.1 Å². The lowest BCUT2D eigenvalue weighted by molar-refractivity contribution is -0.140. The van der Waals surface area contributed by atoms with Crippen molar-refractivity contribution in [2.75, 3.05) is 13.9 Å². The van der Waals surface area contributed by atoms with Crippen LogP contribution in [-0.2, 0) is 9.53 Å². The van der Waals surface area contributed by atoms with Crippen LogP contribution < -0.4 is 9.47 Å². The summed E-state index contributed by atoms with van der Waals surface area (Å²) in [5.41, 5.74) is 2.60. The van der Waals surface area contributed by atoms with E-state index in [0.29, 0.717) is 28.1 Å². The number of aromatic nitrogens is 2. The Labute approximate surface area is 147 Å². The molecule has 2 aromatic carbocycles. The molecule has 8 heteroatoms. The van der Waals surface area contributed by atoms with Gasteiger partial charge in [0.1, 0.15) is 16.8 Å². The van der Waals surface area contributed by atoms with Crippen LogP contribution in [0.15, 0.2) is 30.3 Å². The van der Waals surface area contributed by atoms with E-state index in [2.05, 4.69) is 8.75 Å². The van der Waals surface area contributed by atoms with E-state index >= 15 is 0 Å². The van der Waals surface area contributed by atoms with E-state index in [0.717, 1.165) is 17.3 Å². The average Bonchev–Trinajstić information content (AvgIpc) is 3.28. The summed E-state index contributed by atoms with van der Waals surface area (Å²) in [5.74, 6) is 0.484. The van der Waals surface area contributed by atoms with E-state index < -0.39 is 5.92 Å². The Bertz CT molecular complexity index is 955. The SMILES string of the molecule is COC(=O)C[C@H](c1ccc2c(c1)OCO2)c1c(O)ccc2nsnc12. The number of esters is 1. The first kappa shape index (κ1) is 15.6. The van der Waals surface area contributed by atoms with Gasteiger partial charge in [-0.2, -0.15) is 8.75 Å². The van der Waals surface area contributed by atoms with Crippen molar-refractivity contribution in [3.63, 3.8) is 0 Å². The van der Waals surface area contributed by atoms with Crippen LogP contribution in [0.5, 0.6) is 17.2 Å². The molecular weight excluding hydrogens is 344 g/mol. The van der Waals surface area contributed by atoms with Gasteiger partial charge in [0, 0.05) is 11.5 Å². The third-order valence-electron chi connectivity index (χ3n) is 4.19. The molecule has 25 heavy (non-hydrogen) atoms. The number of phenols is 1. The van der Waals surface area contributed by atoms with Crippen molar-refractivity contribution in [3.8, 4) is 17.2 Å². The third kappa shape index (κ3) is 2.74. The molecule has 0 amide bonds. The first-order valence-electron chi connectivity index (χ1n) is 7.58. The zero-order valence-electron chi connectivity index (χ0n) is 13.3. The molecule has 2 heterocycles. The Hall–Kier alpha value is -2.87. The fraction of sp³-hybridized carbons (Fsp3) is 0.235. The Kier molecular flexibility index (Phi) is 3.89. The van der Waals surface area contributed by atoms with Gasteiger partial charge >= 0.3 is 5.97 Å². The maximum atomic E-state index is 12.0. The van der Waals surface area contributed by atoms with Crippen LogP contribution in [0, 0.1) is 0 Å². The molecule has 3 aromatic rings. The number of carbonyl (C=O) groups excluding carboxylic acids is 1. The van der Waals surface area contributed by atoms with Gasteiger partial charge in [0.25, 0.3) is 0 Å². The summed E-state index contributed by atoms with van der Waals surface area (Å²) >= 11 is 1.06. The molecule has 1 aromatic heterocycles. The van der Waals surface area contributed by atoms with Gasteiger partial charge in [-0.3, -0.25) is 4.79 Å². The zero-order valence-corrected chi connectivity index (χ0v) is 14.1. The van der Waals surface area contributed by atoms with Crippen LogP contribution in [0.3, 0.4) is 0 Å². The summed E-state index contributed by atoms with van der Waals surface area (Å²) in [6.07, 6.45) is 0.0559. The zero-order chi connectivity index (χ0) is 17.4. The van der Waals surface area contributed by atoms with Crippen molar-refractivity contribution in [2.24, 2.45) is 0 Å². The minimum absolute atomic E-state index is 0.0559. The standard InChI is InChI=1S/C17H14N2O5S/c1-22-15(21)7-10(9-2-5-13-14(6-9)24-8-23-13)16-12(20)4-3-11-17(16)19-25-18-11/h2-6,10,20H,7-8H2,1H3/t10-/m1/s1. The smallest absolute Gasteiger partial charge is 0.306 e. The number of rotatable bonds is 4. The summed E-state index contributed by atoms with van der Waals surface area (Å²) < 4.78 is 24.1. The topological polar surface area (TPSA) is 90.8 Å². The number of methoxy groups -OCH3 is 1. The molecule has 1 aliphatic heterocycles. The highest BCUT2D eigenvalue weighted by Crippen LogP contribution is 2.42. The van der Waals surface area contributed by atoms with Crippen LogP contribution >= 0.6 is 11.7 Å². The van der Waals surface area contributed by atoms with Crippen molar-refractivity contribution < 1.29 is 24.1 Å². The molecule has 1 N–H and O–H groups in total. The Balaban J connectivity index is 1.87. The number of phenolic OH excluding ortho intramolecular Hbond substituents is 1. The van der Waals surface area contributed by atoms with Gasteiger partial charge in [0.2, 0.25) is 6.79 Å². The van der Waals surface area contributed by atoms with Gasteiger partial charge < -0.3 is 19.3 Å². The minimum atomic E-state index is -0.449. The average molecular weight is 358 g/mol. The molecule has 7 nitrogen and oxygen atoms in total. The number of ether oxygens (including phenoxy) is 3. The van der Waals surface area contributed by atoms with Crippen LogP contribution in [0.1, 0.15) is 23.5 Å². The lowest BCUT2D eigenvalue weighted by Crippen LogP contribution is -2.11. The second kappa shape index (κ2) is 6.21. The molecular formula is C17H14N2O5S. The Morgan fingerprint density at radius 2 is 2.12 bits per heavy atom. The van der Waals surface area contributed by atoms with Gasteiger partial charge in [-0.15, -0.1) is 0 Å². The van der Waals surface area contributed by atoms with Crippen molar-refractivity contribution in [2.45, 2.75) is 12.3 Å². The molecule has 0 spiro atoms. The fourth-order valence-electron chi connectivity index (χ4n) is 2.97. The molecule has 0 aliphatic carbocycles. The largest absolute Gasteiger partial charge is 0.508 e. The highest BCUT2D eigenvalue weighted by atomic mass is 32.1. The number of nitrogens with zero attached hydrogens (tertiary/aromatic N) is 2. The quantitative estimate of drug-likeness (QED) is 0.717. The molecule has 0 bridgehead atoms. The number of carbonyl (C=O) groups is 1. The minimum Gasteiger partial charge on any atom is -0.508 e. The second-order valence-electron chi connectivity index (χ2n) is 5.58. The lowest BCUT2D eigenvalue weighted by atomic mass is 9.87. The van der Waals surface area contributed by atoms with E-state index in [1.165, 1.54) is 7.11 Å². The number of fused-ring (bicyclic) bond motifs is 2. The molecule has 0 fully saturated rings. The van der Waals surface area contributed by atoms with E-state index in [1.54, 1.807) is 18.2 Å². The predicted octanol–water partition coefficient (Wildman–Crippen LogP) is 2.82. The van der Waals surface area contributed by atoms with Crippen molar-refractivity contribution in [3.05, 3.63) is 41.5 Å². The maximum Gasteiger partial charge on any atom is 0.306 e. The fourth-order valence-corrected chi connectivity index (χ4v) is 3.52. The lowest BCUT2D eigenvalue weighted by Gasteiger charge is -2.18. The molecule has 0 radical (unpaired) electrons. The van der Waals surface area contributed by atoms with Gasteiger partial charge in [0.15, 0.2) is 11.5 Å². The highest BCUT2D eigenvalue weighted by molar-refractivity contribution is 7.00. The van der Waals surface area contributed by atoms with Crippen LogP contribution in [-0.4, -0.2) is 33.7 Å². The molecule has 0 saturated heterocycles.